The molecule has 0 atom stereocenters. The number of hydrogen-bond acceptors (Lipinski definition) is 2. The van der Waals surface area contributed by atoms with E-state index in [1.165, 1.54) is 11.3 Å². The predicted octanol–water partition coefficient (Wildman–Crippen LogP) is 3.98. The van der Waals surface area contributed by atoms with Crippen LogP contribution in [0.15, 0.2) is 46.9 Å². The van der Waals surface area contributed by atoms with Gasteiger partial charge in [0.15, 0.2) is 0 Å². The van der Waals surface area contributed by atoms with E-state index in [1.807, 2.05) is 6.07 Å². The van der Waals surface area contributed by atoms with Gasteiger partial charge < -0.3 is 10.6 Å². The van der Waals surface area contributed by atoms with E-state index < -0.39 is 0 Å². The van der Waals surface area contributed by atoms with Crippen LogP contribution in [0.2, 0.25) is 0 Å². The second-order valence-electron chi connectivity index (χ2n) is 4.38. The maximum absolute atomic E-state index is 5.80. The molecule has 0 aromatic heterocycles. The molecule has 0 bridgehead atoms. The van der Waals surface area contributed by atoms with Crippen molar-refractivity contribution in [3.63, 3.8) is 0 Å². The van der Waals surface area contributed by atoms with Gasteiger partial charge >= 0.3 is 0 Å². The van der Waals surface area contributed by atoms with E-state index in [1.54, 1.807) is 0 Å². The summed E-state index contributed by atoms with van der Waals surface area (Å²) in [6, 6.07) is 14.6. The number of rotatable bonds is 3. The highest BCUT2D eigenvalue weighted by atomic mass is 79.9. The van der Waals surface area contributed by atoms with Gasteiger partial charge in [0.1, 0.15) is 0 Å². The lowest BCUT2D eigenvalue weighted by molar-refractivity contribution is 1.04. The van der Waals surface area contributed by atoms with Crippen LogP contribution < -0.4 is 10.6 Å². The second kappa shape index (κ2) is 5.55. The van der Waals surface area contributed by atoms with Gasteiger partial charge in [-0.1, -0.05) is 34.1 Å². The number of nitrogens with two attached hydrogens (primary N) is 1. The zero-order valence-corrected chi connectivity index (χ0v) is 12.2. The summed E-state index contributed by atoms with van der Waals surface area (Å²) in [6.45, 7) is 2.64. The lowest BCUT2D eigenvalue weighted by atomic mass is 10.1. The molecule has 0 saturated carbocycles. The Bertz CT molecular complexity index is 552. The van der Waals surface area contributed by atoms with Gasteiger partial charge in [-0.05, 0) is 42.3 Å². The average molecular weight is 305 g/mol. The zero-order chi connectivity index (χ0) is 13.1. The standard InChI is InChI=1S/C15H17BrN2/c1-11-4-3-5-14(8-11)18(2)15-9-13(16)7-6-12(15)10-17/h3-9H,10,17H2,1-2H3. The number of hydrogen-bond donors (Lipinski definition) is 1. The van der Waals surface area contributed by atoms with Gasteiger partial charge in [-0.15, -0.1) is 0 Å². The first-order valence-electron chi connectivity index (χ1n) is 5.90. The Kier molecular flexibility index (Phi) is 4.04. The number of nitrogens with zero attached hydrogens (tertiary/aromatic N) is 1. The molecule has 0 spiro atoms. The van der Waals surface area contributed by atoms with Gasteiger partial charge in [-0.2, -0.15) is 0 Å². The highest BCUT2D eigenvalue weighted by Gasteiger charge is 2.09. The summed E-state index contributed by atoms with van der Waals surface area (Å²) in [6.07, 6.45) is 0. The Labute approximate surface area is 117 Å². The monoisotopic (exact) mass is 304 g/mol. The van der Waals surface area contributed by atoms with Crippen LogP contribution in [0.5, 0.6) is 0 Å². The SMILES string of the molecule is Cc1cccc(N(C)c2cc(Br)ccc2CN)c1. The Morgan fingerprint density at radius 2 is 1.94 bits per heavy atom. The summed E-state index contributed by atoms with van der Waals surface area (Å²) in [7, 11) is 2.07. The maximum atomic E-state index is 5.80. The van der Waals surface area contributed by atoms with Crippen LogP contribution in [0.1, 0.15) is 11.1 Å². The summed E-state index contributed by atoms with van der Waals surface area (Å²) in [5.41, 5.74) is 10.5. The number of halogens is 1. The third kappa shape index (κ3) is 2.74. The van der Waals surface area contributed by atoms with Crippen molar-refractivity contribution in [1.29, 1.82) is 0 Å². The number of aryl methyl sites for hydroxylation is 1. The van der Waals surface area contributed by atoms with E-state index in [2.05, 4.69) is 71.2 Å². The van der Waals surface area contributed by atoms with Gasteiger partial charge in [0.25, 0.3) is 0 Å². The zero-order valence-electron chi connectivity index (χ0n) is 10.7. The highest BCUT2D eigenvalue weighted by molar-refractivity contribution is 9.10. The van der Waals surface area contributed by atoms with Crippen LogP contribution in [0.3, 0.4) is 0 Å². The molecule has 0 radical (unpaired) electrons. The van der Waals surface area contributed by atoms with Gasteiger partial charge in [0.05, 0.1) is 0 Å². The van der Waals surface area contributed by atoms with Crippen molar-refractivity contribution in [2.45, 2.75) is 13.5 Å². The quantitative estimate of drug-likeness (QED) is 0.929. The van der Waals surface area contributed by atoms with Crippen LogP contribution in [0.25, 0.3) is 0 Å². The number of anilines is 2. The van der Waals surface area contributed by atoms with Crippen LogP contribution in [-0.2, 0) is 6.54 Å². The molecule has 0 aliphatic rings. The van der Waals surface area contributed by atoms with E-state index in [9.17, 15) is 0 Å². The van der Waals surface area contributed by atoms with Crippen LogP contribution in [-0.4, -0.2) is 7.05 Å². The summed E-state index contributed by atoms with van der Waals surface area (Å²) in [4.78, 5) is 2.17. The molecule has 2 nitrogen and oxygen atoms in total. The first-order valence-corrected chi connectivity index (χ1v) is 6.70. The molecule has 2 N–H and O–H groups in total. The van der Waals surface area contributed by atoms with Gasteiger partial charge in [0.2, 0.25) is 0 Å². The molecule has 0 aliphatic heterocycles. The molecule has 0 fully saturated rings. The lowest BCUT2D eigenvalue weighted by Crippen LogP contribution is -2.13. The molecule has 2 aromatic carbocycles. The van der Waals surface area contributed by atoms with E-state index >= 15 is 0 Å². The van der Waals surface area contributed by atoms with E-state index in [4.69, 9.17) is 5.73 Å². The third-order valence-corrected chi connectivity index (χ3v) is 3.51. The topological polar surface area (TPSA) is 29.3 Å². The van der Waals surface area contributed by atoms with Crippen molar-refractivity contribution in [3.05, 3.63) is 58.1 Å². The minimum atomic E-state index is 0.540. The van der Waals surface area contributed by atoms with Crippen molar-refractivity contribution in [1.82, 2.24) is 0 Å². The summed E-state index contributed by atoms with van der Waals surface area (Å²) < 4.78 is 1.06. The van der Waals surface area contributed by atoms with E-state index in [0.29, 0.717) is 6.54 Å². The largest absolute Gasteiger partial charge is 0.344 e. The lowest BCUT2D eigenvalue weighted by Gasteiger charge is -2.23. The van der Waals surface area contributed by atoms with Crippen LogP contribution in [0.4, 0.5) is 11.4 Å². The Hall–Kier alpha value is -1.32. The van der Waals surface area contributed by atoms with Gasteiger partial charge in [-0.25, -0.2) is 0 Å². The molecule has 94 valence electrons. The van der Waals surface area contributed by atoms with Crippen LogP contribution >= 0.6 is 15.9 Å². The molecular weight excluding hydrogens is 288 g/mol. The first-order chi connectivity index (χ1) is 8.61. The molecule has 0 saturated heterocycles. The molecule has 0 heterocycles. The summed E-state index contributed by atoms with van der Waals surface area (Å²) >= 11 is 3.51. The van der Waals surface area contributed by atoms with E-state index in [-0.39, 0.29) is 0 Å². The fourth-order valence-electron chi connectivity index (χ4n) is 2.00. The molecule has 2 aromatic rings. The molecule has 18 heavy (non-hydrogen) atoms. The predicted molar refractivity (Wildman–Crippen MR) is 81.3 cm³/mol. The van der Waals surface area contributed by atoms with Crippen molar-refractivity contribution in [2.24, 2.45) is 5.73 Å². The van der Waals surface area contributed by atoms with Gasteiger partial charge in [0, 0.05) is 29.4 Å². The normalized spacial score (nSPS) is 10.4. The Balaban J connectivity index is 2.44. The second-order valence-corrected chi connectivity index (χ2v) is 5.29. The smallest absolute Gasteiger partial charge is 0.0464 e. The molecule has 2 rings (SSSR count). The minimum Gasteiger partial charge on any atom is -0.344 e. The molecule has 3 heteroatoms. The van der Waals surface area contributed by atoms with Gasteiger partial charge in [-0.3, -0.25) is 0 Å². The molecule has 0 aliphatic carbocycles. The van der Waals surface area contributed by atoms with Crippen molar-refractivity contribution < 1.29 is 0 Å². The third-order valence-electron chi connectivity index (χ3n) is 3.02. The van der Waals surface area contributed by atoms with E-state index in [0.717, 1.165) is 15.7 Å². The average Bonchev–Trinajstić information content (AvgIpc) is 2.38. The molecule has 0 unspecified atom stereocenters. The molecular formula is C15H17BrN2. The first kappa shape index (κ1) is 13.1. The Morgan fingerprint density at radius 1 is 1.17 bits per heavy atom. The highest BCUT2D eigenvalue weighted by Crippen LogP contribution is 2.30. The fraction of sp³-hybridized carbons (Fsp3) is 0.200. The van der Waals surface area contributed by atoms with Crippen molar-refractivity contribution >= 4 is 27.3 Å². The number of benzene rings is 2. The molecule has 0 amide bonds. The minimum absolute atomic E-state index is 0.540. The summed E-state index contributed by atoms with van der Waals surface area (Å²) in [5, 5.41) is 0. The Morgan fingerprint density at radius 3 is 2.61 bits per heavy atom. The van der Waals surface area contributed by atoms with Crippen LogP contribution in [0, 0.1) is 6.92 Å². The fourth-order valence-corrected chi connectivity index (χ4v) is 2.35. The summed E-state index contributed by atoms with van der Waals surface area (Å²) in [5.74, 6) is 0. The maximum Gasteiger partial charge on any atom is 0.0464 e. The van der Waals surface area contributed by atoms with Crippen molar-refractivity contribution in [3.8, 4) is 0 Å². The van der Waals surface area contributed by atoms with Crippen molar-refractivity contribution in [2.75, 3.05) is 11.9 Å².